The highest BCUT2D eigenvalue weighted by Gasteiger charge is 2.27. The van der Waals surface area contributed by atoms with Gasteiger partial charge in [-0.2, -0.15) is 0 Å². The molecule has 3 aromatic rings. The fourth-order valence-electron chi connectivity index (χ4n) is 4.47. The lowest BCUT2D eigenvalue weighted by atomic mass is 10.0. The summed E-state index contributed by atoms with van der Waals surface area (Å²) in [4.78, 5) is 25.5. The van der Waals surface area contributed by atoms with Crippen LogP contribution in [0.5, 0.6) is 5.75 Å². The van der Waals surface area contributed by atoms with Crippen molar-refractivity contribution in [3.63, 3.8) is 0 Å². The number of H-pyrrole nitrogens is 1. The number of benzene rings is 2. The van der Waals surface area contributed by atoms with Crippen LogP contribution in [0.15, 0.2) is 64.3 Å². The smallest absolute Gasteiger partial charge is 0.332 e. The zero-order valence-electron chi connectivity index (χ0n) is 23.8. The van der Waals surface area contributed by atoms with Crippen molar-refractivity contribution in [2.24, 2.45) is 0 Å². The number of nitrogens with one attached hydrogen (secondary N) is 2. The second-order valence-electron chi connectivity index (χ2n) is 10.5. The molecule has 0 amide bonds. The first-order chi connectivity index (χ1) is 19.8. The summed E-state index contributed by atoms with van der Waals surface area (Å²) in [6.07, 6.45) is 5.74. The van der Waals surface area contributed by atoms with Crippen LogP contribution in [0.4, 0.5) is 0 Å². The number of aliphatic hydroxyl groups excluding tert-OH is 1. The van der Waals surface area contributed by atoms with Crippen molar-refractivity contribution in [1.29, 1.82) is 0 Å². The molecule has 0 fully saturated rings. The van der Waals surface area contributed by atoms with Crippen molar-refractivity contribution in [1.82, 2.24) is 14.9 Å². The molecule has 0 spiro atoms. The highest BCUT2D eigenvalue weighted by Crippen LogP contribution is 2.32. The van der Waals surface area contributed by atoms with Crippen LogP contribution in [0.25, 0.3) is 5.69 Å². The molecule has 9 nitrogen and oxygen atoms in total. The number of unbranched alkanes of at least 4 members (excludes halogenated alkanes) is 3. The quantitative estimate of drug-likeness (QED) is 0.215. The van der Waals surface area contributed by atoms with Gasteiger partial charge in [0.05, 0.1) is 25.0 Å². The molecule has 0 unspecified atom stereocenters. The summed E-state index contributed by atoms with van der Waals surface area (Å²) >= 11 is 0. The largest absolute Gasteiger partial charge is 0.463 e. The fourth-order valence-corrected chi connectivity index (χ4v) is 4.47. The number of aromatic amines is 1. The summed E-state index contributed by atoms with van der Waals surface area (Å²) in [6.45, 7) is 6.91. The van der Waals surface area contributed by atoms with E-state index in [1.54, 1.807) is 6.07 Å². The Morgan fingerprint density at radius 1 is 1.10 bits per heavy atom. The van der Waals surface area contributed by atoms with Crippen molar-refractivity contribution in [3.05, 3.63) is 92.3 Å². The topological polar surface area (TPSA) is 115 Å². The van der Waals surface area contributed by atoms with Crippen LogP contribution in [0.2, 0.25) is 0 Å². The summed E-state index contributed by atoms with van der Waals surface area (Å²) in [5.41, 5.74) is 2.35. The number of ether oxygens (including phenoxy) is 3. The number of nitrogens with zero attached hydrogens (tertiary/aromatic N) is 1. The maximum absolute atomic E-state index is 12.0. The number of hydrogen-bond acceptors (Lipinski definition) is 7. The van der Waals surface area contributed by atoms with E-state index in [1.165, 1.54) is 16.8 Å². The average Bonchev–Trinajstić information content (AvgIpc) is 2.95. The molecule has 2 heterocycles. The van der Waals surface area contributed by atoms with Gasteiger partial charge in [-0.25, -0.2) is 4.79 Å². The number of fused-ring (bicyclic) bond motifs is 1. The molecule has 0 saturated heterocycles. The van der Waals surface area contributed by atoms with Gasteiger partial charge in [0.25, 0.3) is 5.56 Å². The van der Waals surface area contributed by atoms with Crippen LogP contribution in [-0.4, -0.2) is 46.7 Å². The van der Waals surface area contributed by atoms with Crippen molar-refractivity contribution >= 4 is 0 Å². The number of hydrogen-bond donors (Lipinski definition) is 3. The zero-order valence-corrected chi connectivity index (χ0v) is 23.8. The average molecular weight is 562 g/mol. The van der Waals surface area contributed by atoms with Crippen LogP contribution < -0.4 is 21.3 Å². The van der Waals surface area contributed by atoms with Gasteiger partial charge in [-0.05, 0) is 55.3 Å². The molecule has 1 atom stereocenters. The van der Waals surface area contributed by atoms with Crippen LogP contribution in [0.1, 0.15) is 68.7 Å². The summed E-state index contributed by atoms with van der Waals surface area (Å²) in [5, 5.41) is 13.9. The van der Waals surface area contributed by atoms with Crippen molar-refractivity contribution in [2.75, 3.05) is 26.3 Å². The van der Waals surface area contributed by atoms with Gasteiger partial charge < -0.3 is 24.6 Å². The summed E-state index contributed by atoms with van der Waals surface area (Å²) in [5.74, 6) is 6.40. The molecule has 218 valence electrons. The van der Waals surface area contributed by atoms with Gasteiger partial charge in [0.1, 0.15) is 5.75 Å². The number of rotatable bonds is 13. The summed E-state index contributed by atoms with van der Waals surface area (Å²) < 4.78 is 18.6. The SMILES string of the molecule is CC1(C)OCc2cc([C@@H](O)CNCCCCCCOCCC#Cc3cccc(-n4ccc(=O)[nH]c4=O)c3)ccc2O1. The van der Waals surface area contributed by atoms with E-state index in [4.69, 9.17) is 14.2 Å². The second-order valence-corrected chi connectivity index (χ2v) is 10.5. The predicted molar refractivity (Wildman–Crippen MR) is 157 cm³/mol. The van der Waals surface area contributed by atoms with Gasteiger partial charge in [-0.1, -0.05) is 36.8 Å². The third-order valence-corrected chi connectivity index (χ3v) is 6.68. The van der Waals surface area contributed by atoms with E-state index in [-0.39, 0.29) is 0 Å². The maximum Gasteiger partial charge on any atom is 0.332 e. The first kappa shape index (κ1) is 30.3. The Kier molecular flexibility index (Phi) is 10.9. The zero-order chi connectivity index (χ0) is 29.1. The maximum atomic E-state index is 12.0. The lowest BCUT2D eigenvalue weighted by molar-refractivity contribution is -0.180. The van der Waals surface area contributed by atoms with Gasteiger partial charge in [0.15, 0.2) is 0 Å². The highest BCUT2D eigenvalue weighted by atomic mass is 16.7. The molecule has 4 rings (SSSR count). The van der Waals surface area contributed by atoms with Crippen molar-refractivity contribution in [3.8, 4) is 23.3 Å². The molecule has 0 aliphatic carbocycles. The Balaban J connectivity index is 1.03. The molecular formula is C32H39N3O6. The predicted octanol–water partition coefficient (Wildman–Crippen LogP) is 3.81. The first-order valence-corrected chi connectivity index (χ1v) is 14.1. The Morgan fingerprint density at radius 2 is 1.95 bits per heavy atom. The van der Waals surface area contributed by atoms with E-state index in [1.807, 2.05) is 50.2 Å². The minimum absolute atomic E-state index is 0.426. The van der Waals surface area contributed by atoms with Gasteiger partial charge in [0, 0.05) is 56.8 Å². The highest BCUT2D eigenvalue weighted by molar-refractivity contribution is 5.43. The van der Waals surface area contributed by atoms with Gasteiger partial charge >= 0.3 is 5.69 Å². The van der Waals surface area contributed by atoms with Crippen LogP contribution in [-0.2, 0) is 16.1 Å². The van der Waals surface area contributed by atoms with Crippen LogP contribution >= 0.6 is 0 Å². The third kappa shape index (κ3) is 9.44. The minimum atomic E-state index is -0.621. The molecule has 0 saturated carbocycles. The van der Waals surface area contributed by atoms with Crippen molar-refractivity contribution in [2.45, 2.75) is 64.4 Å². The standard InChI is InChI=1S/C32H39N3O6/c1-32(2)40-23-26-21-25(13-14-29(26)41-32)28(36)22-33-16-6-3-4-7-18-39-19-8-5-10-24-11-9-12-27(20-24)35-17-15-30(37)34-31(35)38/h9,11-15,17,20-21,28,33,36H,3-4,6-8,16,18-19,22-23H2,1-2H3,(H,34,37,38)/t28-/m0/s1. The van der Waals surface area contributed by atoms with E-state index in [0.717, 1.165) is 54.7 Å². The molecule has 0 radical (unpaired) electrons. The lowest BCUT2D eigenvalue weighted by Crippen LogP contribution is -2.35. The van der Waals surface area contributed by atoms with Crippen LogP contribution in [0, 0.1) is 11.8 Å². The summed E-state index contributed by atoms with van der Waals surface area (Å²) in [7, 11) is 0. The normalized spacial score (nSPS) is 14.4. The second kappa shape index (κ2) is 14.8. The molecule has 3 N–H and O–H groups in total. The number of aromatic nitrogens is 2. The van der Waals surface area contributed by atoms with Crippen LogP contribution in [0.3, 0.4) is 0 Å². The molecule has 1 aliphatic heterocycles. The number of aliphatic hydroxyl groups is 1. The Morgan fingerprint density at radius 3 is 2.80 bits per heavy atom. The fraction of sp³-hybridized carbons (Fsp3) is 0.438. The molecule has 1 aromatic heterocycles. The molecule has 9 heteroatoms. The molecule has 1 aliphatic rings. The van der Waals surface area contributed by atoms with E-state index in [2.05, 4.69) is 22.1 Å². The lowest BCUT2D eigenvalue weighted by Gasteiger charge is -2.33. The van der Waals surface area contributed by atoms with Crippen molar-refractivity contribution < 1.29 is 19.3 Å². The van der Waals surface area contributed by atoms with Gasteiger partial charge in [-0.15, -0.1) is 0 Å². The Labute approximate surface area is 240 Å². The molecule has 0 bridgehead atoms. The van der Waals surface area contributed by atoms with E-state index in [9.17, 15) is 14.7 Å². The van der Waals surface area contributed by atoms with E-state index >= 15 is 0 Å². The molecular weight excluding hydrogens is 522 g/mol. The monoisotopic (exact) mass is 561 g/mol. The van der Waals surface area contributed by atoms with E-state index in [0.29, 0.717) is 38.5 Å². The van der Waals surface area contributed by atoms with Gasteiger partial charge in [-0.3, -0.25) is 14.3 Å². The first-order valence-electron chi connectivity index (χ1n) is 14.1. The molecule has 2 aromatic carbocycles. The third-order valence-electron chi connectivity index (χ3n) is 6.68. The Bertz CT molecular complexity index is 1470. The molecule has 41 heavy (non-hydrogen) atoms. The summed E-state index contributed by atoms with van der Waals surface area (Å²) in [6, 6.07) is 14.4. The van der Waals surface area contributed by atoms with Gasteiger partial charge in [0.2, 0.25) is 5.79 Å². The van der Waals surface area contributed by atoms with E-state index < -0.39 is 23.1 Å². The minimum Gasteiger partial charge on any atom is -0.463 e. The Hall–Kier alpha value is -3.68.